The Kier molecular flexibility index (Phi) is 5.25. The molecule has 2 unspecified atom stereocenters. The summed E-state index contributed by atoms with van der Waals surface area (Å²) in [4.78, 5) is 0.246. The number of sulfonamides is 1. The first-order valence-electron chi connectivity index (χ1n) is 9.42. The minimum absolute atomic E-state index is 0.0425. The van der Waals surface area contributed by atoms with E-state index < -0.39 is 54.6 Å². The number of hydrogen-bond donors (Lipinski definition) is 0. The van der Waals surface area contributed by atoms with Crippen molar-refractivity contribution in [2.75, 3.05) is 0 Å². The van der Waals surface area contributed by atoms with E-state index in [1.54, 1.807) is 30.3 Å². The minimum atomic E-state index is -3.83. The Morgan fingerprint density at radius 3 is 1.97 bits per heavy atom. The van der Waals surface area contributed by atoms with Gasteiger partial charge in [-0.25, -0.2) is 25.6 Å². The zero-order valence-corrected chi connectivity index (χ0v) is 17.2. The van der Waals surface area contributed by atoms with E-state index in [0.29, 0.717) is 18.9 Å². The Morgan fingerprint density at radius 1 is 0.862 bits per heavy atom. The molecule has 2 fully saturated rings. The second-order valence-electron chi connectivity index (χ2n) is 7.70. The van der Waals surface area contributed by atoms with Crippen LogP contribution in [0.4, 0.5) is 8.78 Å². The SMILES string of the molecule is O=S(=O)(c1ccccc1)C1CC2CCC(C1)N2S(=O)(=O)Cc1cc(F)cc(F)c1. The number of nitrogens with zero attached hydrogens (tertiary/aromatic N) is 1. The number of hydrogen-bond acceptors (Lipinski definition) is 4. The highest BCUT2D eigenvalue weighted by atomic mass is 32.2. The molecule has 2 aliphatic rings. The molecule has 2 aromatic carbocycles. The van der Waals surface area contributed by atoms with E-state index in [0.717, 1.165) is 12.1 Å². The fourth-order valence-electron chi connectivity index (χ4n) is 4.57. The lowest BCUT2D eigenvalue weighted by Gasteiger charge is -2.37. The van der Waals surface area contributed by atoms with Crippen LogP contribution in [-0.4, -0.2) is 38.5 Å². The van der Waals surface area contributed by atoms with Crippen molar-refractivity contribution >= 4 is 19.9 Å². The average Bonchev–Trinajstić information content (AvgIpc) is 2.92. The fraction of sp³-hybridized carbons (Fsp3) is 0.400. The Balaban J connectivity index is 1.56. The van der Waals surface area contributed by atoms with E-state index in [1.165, 1.54) is 4.31 Å². The van der Waals surface area contributed by atoms with Crippen molar-refractivity contribution in [3.05, 3.63) is 65.7 Å². The average molecular weight is 442 g/mol. The molecule has 4 rings (SSSR count). The van der Waals surface area contributed by atoms with Crippen LogP contribution in [0.5, 0.6) is 0 Å². The van der Waals surface area contributed by atoms with Gasteiger partial charge in [0, 0.05) is 18.2 Å². The smallest absolute Gasteiger partial charge is 0.218 e. The van der Waals surface area contributed by atoms with Gasteiger partial charge in [0.2, 0.25) is 10.0 Å². The van der Waals surface area contributed by atoms with Gasteiger partial charge < -0.3 is 0 Å². The monoisotopic (exact) mass is 441 g/mol. The van der Waals surface area contributed by atoms with Crippen LogP contribution in [0.25, 0.3) is 0 Å². The largest absolute Gasteiger partial charge is 0.223 e. The third-order valence-corrected chi connectivity index (χ3v) is 9.85. The zero-order chi connectivity index (χ0) is 20.8. The maximum Gasteiger partial charge on any atom is 0.218 e. The molecule has 2 aliphatic heterocycles. The van der Waals surface area contributed by atoms with Crippen molar-refractivity contribution < 1.29 is 25.6 Å². The first-order valence-corrected chi connectivity index (χ1v) is 12.6. The first kappa shape index (κ1) is 20.4. The molecular formula is C20H21F2NO4S2. The molecule has 29 heavy (non-hydrogen) atoms. The number of halogens is 2. The second-order valence-corrected chi connectivity index (χ2v) is 11.8. The summed E-state index contributed by atoms with van der Waals surface area (Å²) < 4.78 is 80.2. The normalized spacial score (nSPS) is 25.2. The van der Waals surface area contributed by atoms with Crippen molar-refractivity contribution in [1.82, 2.24) is 4.31 Å². The van der Waals surface area contributed by atoms with E-state index in [4.69, 9.17) is 0 Å². The predicted molar refractivity (Wildman–Crippen MR) is 104 cm³/mol. The van der Waals surface area contributed by atoms with E-state index in [2.05, 4.69) is 0 Å². The number of rotatable bonds is 5. The topological polar surface area (TPSA) is 71.5 Å². The molecule has 2 aromatic rings. The van der Waals surface area contributed by atoms with Gasteiger partial charge in [-0.05, 0) is 55.5 Å². The Bertz CT molecular complexity index is 1090. The summed E-state index contributed by atoms with van der Waals surface area (Å²) in [6.07, 6.45) is 1.62. The number of sulfone groups is 1. The quantitative estimate of drug-likeness (QED) is 0.714. The molecule has 0 amide bonds. The van der Waals surface area contributed by atoms with Crippen LogP contribution in [0, 0.1) is 11.6 Å². The van der Waals surface area contributed by atoms with Crippen LogP contribution in [-0.2, 0) is 25.6 Å². The highest BCUT2D eigenvalue weighted by Gasteiger charge is 2.49. The summed E-state index contributed by atoms with van der Waals surface area (Å²) in [6, 6.07) is 10.1. The summed E-state index contributed by atoms with van der Waals surface area (Å²) >= 11 is 0. The van der Waals surface area contributed by atoms with Gasteiger partial charge >= 0.3 is 0 Å². The molecule has 2 saturated heterocycles. The van der Waals surface area contributed by atoms with Gasteiger partial charge in [0.15, 0.2) is 9.84 Å². The molecule has 0 radical (unpaired) electrons. The maximum atomic E-state index is 13.4. The lowest BCUT2D eigenvalue weighted by atomic mass is 10.1. The highest BCUT2D eigenvalue weighted by Crippen LogP contribution is 2.42. The van der Waals surface area contributed by atoms with E-state index >= 15 is 0 Å². The van der Waals surface area contributed by atoms with Gasteiger partial charge in [-0.1, -0.05) is 18.2 Å². The van der Waals surface area contributed by atoms with Gasteiger partial charge in [-0.15, -0.1) is 0 Å². The van der Waals surface area contributed by atoms with E-state index in [1.807, 2.05) is 0 Å². The van der Waals surface area contributed by atoms with Crippen molar-refractivity contribution in [2.45, 2.75) is 53.7 Å². The first-order chi connectivity index (χ1) is 13.7. The van der Waals surface area contributed by atoms with Crippen LogP contribution in [0.15, 0.2) is 53.4 Å². The number of benzene rings is 2. The lowest BCUT2D eigenvalue weighted by Crippen LogP contribution is -2.49. The molecule has 0 N–H and O–H groups in total. The zero-order valence-electron chi connectivity index (χ0n) is 15.5. The summed E-state index contributed by atoms with van der Waals surface area (Å²) in [5.74, 6) is -2.17. The fourth-order valence-corrected chi connectivity index (χ4v) is 8.47. The van der Waals surface area contributed by atoms with Crippen LogP contribution < -0.4 is 0 Å². The van der Waals surface area contributed by atoms with Crippen LogP contribution in [0.1, 0.15) is 31.2 Å². The van der Waals surface area contributed by atoms with Gasteiger partial charge in [0.05, 0.1) is 15.9 Å². The third-order valence-electron chi connectivity index (χ3n) is 5.73. The third kappa shape index (κ3) is 3.95. The summed E-state index contributed by atoms with van der Waals surface area (Å²) in [5, 5.41) is -0.638. The van der Waals surface area contributed by atoms with E-state index in [9.17, 15) is 25.6 Å². The van der Waals surface area contributed by atoms with Crippen molar-refractivity contribution in [1.29, 1.82) is 0 Å². The molecule has 2 heterocycles. The van der Waals surface area contributed by atoms with Gasteiger partial charge in [0.1, 0.15) is 11.6 Å². The van der Waals surface area contributed by atoms with Crippen LogP contribution in [0.2, 0.25) is 0 Å². The van der Waals surface area contributed by atoms with Crippen LogP contribution >= 0.6 is 0 Å². The summed E-state index contributed by atoms with van der Waals surface area (Å²) in [5.41, 5.74) is 0.0425. The van der Waals surface area contributed by atoms with Crippen molar-refractivity contribution in [3.63, 3.8) is 0 Å². The number of piperidine rings is 1. The summed E-state index contributed by atoms with van der Waals surface area (Å²) in [6.45, 7) is 0. The Labute approximate surface area is 169 Å². The van der Waals surface area contributed by atoms with Gasteiger partial charge in [-0.3, -0.25) is 0 Å². The Hall–Kier alpha value is -1.84. The molecule has 0 aliphatic carbocycles. The molecule has 2 bridgehead atoms. The van der Waals surface area contributed by atoms with Crippen molar-refractivity contribution in [2.24, 2.45) is 0 Å². The predicted octanol–water partition coefficient (Wildman–Crippen LogP) is 3.26. The Morgan fingerprint density at radius 2 is 1.41 bits per heavy atom. The highest BCUT2D eigenvalue weighted by molar-refractivity contribution is 7.92. The van der Waals surface area contributed by atoms with Crippen LogP contribution in [0.3, 0.4) is 0 Å². The molecule has 5 nitrogen and oxygen atoms in total. The molecule has 0 spiro atoms. The molecule has 2 atom stereocenters. The lowest BCUT2D eigenvalue weighted by molar-refractivity contribution is 0.248. The number of fused-ring (bicyclic) bond motifs is 2. The summed E-state index contributed by atoms with van der Waals surface area (Å²) in [7, 11) is -7.38. The maximum absolute atomic E-state index is 13.4. The molecular weight excluding hydrogens is 420 g/mol. The molecule has 156 valence electrons. The minimum Gasteiger partial charge on any atom is -0.223 e. The van der Waals surface area contributed by atoms with Crippen molar-refractivity contribution in [3.8, 4) is 0 Å². The second kappa shape index (κ2) is 7.45. The standard InChI is InChI=1S/C20H21F2NO4S2/c21-15-8-14(9-16(22)10-15)13-28(24,25)23-17-6-7-18(23)12-20(11-17)29(26,27)19-4-2-1-3-5-19/h1-5,8-10,17-18,20H,6-7,11-13H2. The molecule has 0 aromatic heterocycles. The molecule has 9 heteroatoms. The van der Waals surface area contributed by atoms with E-state index in [-0.39, 0.29) is 23.3 Å². The molecule has 0 saturated carbocycles. The van der Waals surface area contributed by atoms with Gasteiger partial charge in [-0.2, -0.15) is 4.31 Å². The van der Waals surface area contributed by atoms with Gasteiger partial charge in [0.25, 0.3) is 0 Å².